The molecule has 0 spiro atoms. The van der Waals surface area contributed by atoms with Gasteiger partial charge in [0.15, 0.2) is 0 Å². The van der Waals surface area contributed by atoms with Gasteiger partial charge in [0.2, 0.25) is 0 Å². The number of hydrogen-bond donors (Lipinski definition) is 0. The fourth-order valence-corrected chi connectivity index (χ4v) is 3.74. The first-order chi connectivity index (χ1) is 10.8. The van der Waals surface area contributed by atoms with Gasteiger partial charge in [-0.25, -0.2) is 0 Å². The van der Waals surface area contributed by atoms with E-state index in [-0.39, 0.29) is 0 Å². The van der Waals surface area contributed by atoms with E-state index in [0.29, 0.717) is 0 Å². The van der Waals surface area contributed by atoms with Crippen LogP contribution < -0.4 is 0 Å². The summed E-state index contributed by atoms with van der Waals surface area (Å²) in [4.78, 5) is -0.611. The van der Waals surface area contributed by atoms with E-state index in [1.54, 1.807) is 0 Å². The lowest BCUT2D eigenvalue weighted by atomic mass is 9.71. The van der Waals surface area contributed by atoms with Crippen molar-refractivity contribution in [2.45, 2.75) is 10.3 Å². The number of halogens is 2. The molecule has 0 fully saturated rings. The van der Waals surface area contributed by atoms with Crippen LogP contribution in [0.5, 0.6) is 0 Å². The first-order valence-electron chi connectivity index (χ1n) is 7.21. The zero-order chi connectivity index (χ0) is 15.4. The second kappa shape index (κ2) is 6.56. The number of benzene rings is 3. The van der Waals surface area contributed by atoms with E-state index < -0.39 is 10.3 Å². The van der Waals surface area contributed by atoms with Crippen molar-refractivity contribution >= 4 is 23.2 Å². The van der Waals surface area contributed by atoms with E-state index in [2.05, 4.69) is 36.4 Å². The third kappa shape index (κ3) is 2.54. The molecule has 0 aliphatic rings. The van der Waals surface area contributed by atoms with Crippen LogP contribution in [0.1, 0.15) is 16.7 Å². The highest BCUT2D eigenvalue weighted by atomic mass is 35.5. The summed E-state index contributed by atoms with van der Waals surface area (Å²) in [6, 6.07) is 30.6. The molecule has 0 aliphatic heterocycles. The lowest BCUT2D eigenvalue weighted by molar-refractivity contribution is 0.667. The topological polar surface area (TPSA) is 0 Å². The molecule has 0 aliphatic carbocycles. The molecule has 0 aromatic heterocycles. The summed E-state index contributed by atoms with van der Waals surface area (Å²) in [6.45, 7) is 0. The van der Waals surface area contributed by atoms with Crippen LogP contribution in [0.25, 0.3) is 0 Å². The number of rotatable bonds is 4. The average molecular weight is 327 g/mol. The predicted molar refractivity (Wildman–Crippen MR) is 94.7 cm³/mol. The third-order valence-electron chi connectivity index (χ3n) is 4.01. The predicted octanol–water partition coefficient (Wildman–Crippen LogP) is 5.82. The maximum atomic E-state index is 6.57. The minimum absolute atomic E-state index is 0.590. The Morgan fingerprint density at radius 1 is 0.500 bits per heavy atom. The van der Waals surface area contributed by atoms with Gasteiger partial charge in [-0.1, -0.05) is 91.0 Å². The van der Waals surface area contributed by atoms with Crippen LogP contribution in [0.2, 0.25) is 0 Å². The van der Waals surface area contributed by atoms with E-state index >= 15 is 0 Å². The van der Waals surface area contributed by atoms with E-state index in [4.69, 9.17) is 23.2 Å². The molecule has 0 bridgehead atoms. The van der Waals surface area contributed by atoms with Crippen molar-refractivity contribution in [3.63, 3.8) is 0 Å². The van der Waals surface area contributed by atoms with Crippen molar-refractivity contribution in [2.24, 2.45) is 0 Å². The van der Waals surface area contributed by atoms with Crippen molar-refractivity contribution in [1.29, 1.82) is 0 Å². The van der Waals surface area contributed by atoms with Crippen molar-refractivity contribution in [3.05, 3.63) is 108 Å². The molecule has 0 amide bonds. The quantitative estimate of drug-likeness (QED) is 0.418. The Morgan fingerprint density at radius 2 is 0.773 bits per heavy atom. The van der Waals surface area contributed by atoms with Gasteiger partial charge >= 0.3 is 0 Å². The molecular formula is C20H16Cl2. The van der Waals surface area contributed by atoms with Crippen LogP contribution in [-0.4, -0.2) is 4.84 Å². The fourth-order valence-electron chi connectivity index (χ4n) is 2.98. The van der Waals surface area contributed by atoms with Crippen LogP contribution in [0, 0.1) is 0 Å². The molecule has 22 heavy (non-hydrogen) atoms. The van der Waals surface area contributed by atoms with Gasteiger partial charge in [0.05, 0.1) is 5.41 Å². The van der Waals surface area contributed by atoms with E-state index in [9.17, 15) is 0 Å². The van der Waals surface area contributed by atoms with Gasteiger partial charge in [-0.2, -0.15) is 0 Å². The van der Waals surface area contributed by atoms with Crippen LogP contribution in [0.3, 0.4) is 0 Å². The highest BCUT2D eigenvalue weighted by Gasteiger charge is 2.42. The summed E-state index contributed by atoms with van der Waals surface area (Å²) < 4.78 is 0. The average Bonchev–Trinajstić information content (AvgIpc) is 2.58. The molecule has 110 valence electrons. The van der Waals surface area contributed by atoms with Crippen LogP contribution in [-0.2, 0) is 5.41 Å². The van der Waals surface area contributed by atoms with Crippen molar-refractivity contribution < 1.29 is 0 Å². The molecule has 3 aromatic rings. The van der Waals surface area contributed by atoms with E-state index in [1.165, 1.54) is 0 Å². The fraction of sp³-hybridized carbons (Fsp3) is 0.100. The Hall–Kier alpha value is -1.76. The number of alkyl halides is 2. The molecule has 0 heterocycles. The van der Waals surface area contributed by atoms with Crippen LogP contribution in [0.15, 0.2) is 91.0 Å². The van der Waals surface area contributed by atoms with Gasteiger partial charge in [0, 0.05) is 0 Å². The first-order valence-corrected chi connectivity index (χ1v) is 8.08. The molecule has 0 N–H and O–H groups in total. The Balaban J connectivity index is 2.34. The highest BCUT2D eigenvalue weighted by molar-refractivity contribution is 6.45. The minimum atomic E-state index is -0.611. The molecule has 0 radical (unpaired) electrons. The van der Waals surface area contributed by atoms with Gasteiger partial charge in [0.25, 0.3) is 0 Å². The van der Waals surface area contributed by atoms with Crippen molar-refractivity contribution in [2.75, 3.05) is 0 Å². The molecule has 0 unspecified atom stereocenters. The highest BCUT2D eigenvalue weighted by Crippen LogP contribution is 2.45. The summed E-state index contributed by atoms with van der Waals surface area (Å²) in [5, 5.41) is 0. The molecule has 3 aromatic carbocycles. The van der Waals surface area contributed by atoms with Crippen molar-refractivity contribution in [3.8, 4) is 0 Å². The molecule has 0 nitrogen and oxygen atoms in total. The second-order valence-corrected chi connectivity index (χ2v) is 6.30. The molecule has 0 atom stereocenters. The maximum Gasteiger partial charge on any atom is 0.125 e. The number of hydrogen-bond acceptors (Lipinski definition) is 0. The van der Waals surface area contributed by atoms with Crippen molar-refractivity contribution in [1.82, 2.24) is 0 Å². The zero-order valence-corrected chi connectivity index (χ0v) is 13.5. The van der Waals surface area contributed by atoms with Crippen LogP contribution in [0.4, 0.5) is 0 Å². The van der Waals surface area contributed by atoms with E-state index in [0.717, 1.165) is 16.7 Å². The molecule has 0 saturated carbocycles. The SMILES string of the molecule is ClC(Cl)C(c1ccccc1)(c1ccccc1)c1ccccc1. The minimum Gasteiger partial charge on any atom is -0.104 e. The second-order valence-electron chi connectivity index (χ2n) is 5.21. The Labute approximate surface area is 141 Å². The maximum absolute atomic E-state index is 6.57. The Kier molecular flexibility index (Phi) is 4.52. The Bertz CT molecular complexity index is 610. The normalized spacial score (nSPS) is 11.6. The lowest BCUT2D eigenvalue weighted by Crippen LogP contribution is -2.36. The van der Waals surface area contributed by atoms with Gasteiger partial charge in [-0.15, -0.1) is 23.2 Å². The van der Waals surface area contributed by atoms with Gasteiger partial charge < -0.3 is 0 Å². The summed E-state index contributed by atoms with van der Waals surface area (Å²) >= 11 is 13.1. The smallest absolute Gasteiger partial charge is 0.104 e. The van der Waals surface area contributed by atoms with Gasteiger partial charge in [-0.3, -0.25) is 0 Å². The monoisotopic (exact) mass is 326 g/mol. The summed E-state index contributed by atoms with van der Waals surface area (Å²) in [7, 11) is 0. The largest absolute Gasteiger partial charge is 0.125 e. The van der Waals surface area contributed by atoms with Crippen LogP contribution >= 0.6 is 23.2 Å². The van der Waals surface area contributed by atoms with E-state index in [1.807, 2.05) is 54.6 Å². The molecule has 0 saturated heterocycles. The third-order valence-corrected chi connectivity index (χ3v) is 4.67. The summed E-state index contributed by atoms with van der Waals surface area (Å²) in [5.74, 6) is 0. The first kappa shape index (κ1) is 15.1. The lowest BCUT2D eigenvalue weighted by Gasteiger charge is -2.37. The summed E-state index contributed by atoms with van der Waals surface area (Å²) in [6.07, 6.45) is 0. The molecular weight excluding hydrogens is 311 g/mol. The zero-order valence-electron chi connectivity index (χ0n) is 12.0. The molecule has 3 rings (SSSR count). The van der Waals surface area contributed by atoms with Gasteiger partial charge in [-0.05, 0) is 16.7 Å². The standard InChI is InChI=1S/C20H16Cl2/c21-19(22)20(16-10-4-1-5-11-16,17-12-6-2-7-13-17)18-14-8-3-9-15-18/h1-15,19H. The Morgan fingerprint density at radius 3 is 1.00 bits per heavy atom. The molecule has 2 heteroatoms. The summed E-state index contributed by atoms with van der Waals surface area (Å²) in [5.41, 5.74) is 2.67. The van der Waals surface area contributed by atoms with Gasteiger partial charge in [0.1, 0.15) is 4.84 Å².